The van der Waals surface area contributed by atoms with Gasteiger partial charge in [0.25, 0.3) is 5.91 Å². The third kappa shape index (κ3) is 3.75. The van der Waals surface area contributed by atoms with Gasteiger partial charge in [-0.15, -0.1) is 0 Å². The van der Waals surface area contributed by atoms with E-state index in [1.807, 2.05) is 0 Å². The van der Waals surface area contributed by atoms with Crippen LogP contribution in [0.4, 0.5) is 5.69 Å². The van der Waals surface area contributed by atoms with Crippen molar-refractivity contribution < 1.29 is 14.7 Å². The SMILES string of the molecule is CCC(CNC(=O)c1ccc(N)cn1)C(=O)O. The number of carbonyl (C=O) groups is 2. The number of rotatable bonds is 5. The van der Waals surface area contributed by atoms with Crippen molar-refractivity contribution in [2.24, 2.45) is 5.92 Å². The van der Waals surface area contributed by atoms with Gasteiger partial charge in [-0.3, -0.25) is 9.59 Å². The standard InChI is InChI=1S/C11H15N3O3/c1-2-7(11(16)17)5-14-10(15)9-4-3-8(12)6-13-9/h3-4,6-7H,2,5,12H2,1H3,(H,14,15)(H,16,17). The molecule has 1 heterocycles. The maximum absolute atomic E-state index is 11.6. The molecular formula is C11H15N3O3. The molecule has 1 aromatic rings. The van der Waals surface area contributed by atoms with Gasteiger partial charge in [0, 0.05) is 6.54 Å². The third-order valence-corrected chi connectivity index (χ3v) is 2.37. The van der Waals surface area contributed by atoms with Crippen LogP contribution in [-0.4, -0.2) is 28.5 Å². The molecule has 0 radical (unpaired) electrons. The monoisotopic (exact) mass is 237 g/mol. The Labute approximate surface area is 98.8 Å². The summed E-state index contributed by atoms with van der Waals surface area (Å²) in [6.45, 7) is 1.85. The Morgan fingerprint density at radius 2 is 2.24 bits per heavy atom. The fourth-order valence-corrected chi connectivity index (χ4v) is 1.25. The maximum Gasteiger partial charge on any atom is 0.308 e. The number of nitrogen functional groups attached to an aromatic ring is 1. The number of hydrogen-bond donors (Lipinski definition) is 3. The normalized spacial score (nSPS) is 11.8. The minimum absolute atomic E-state index is 0.0940. The first-order valence-electron chi connectivity index (χ1n) is 5.27. The molecule has 0 spiro atoms. The average Bonchev–Trinajstić information content (AvgIpc) is 2.30. The smallest absolute Gasteiger partial charge is 0.308 e. The molecule has 0 aliphatic rings. The van der Waals surface area contributed by atoms with Crippen molar-refractivity contribution in [1.29, 1.82) is 0 Å². The molecule has 1 aromatic heterocycles. The summed E-state index contributed by atoms with van der Waals surface area (Å²) in [5.41, 5.74) is 6.13. The average molecular weight is 237 g/mol. The highest BCUT2D eigenvalue weighted by molar-refractivity contribution is 5.92. The number of amides is 1. The predicted octanol–water partition coefficient (Wildman–Crippen LogP) is 0.504. The van der Waals surface area contributed by atoms with E-state index in [9.17, 15) is 9.59 Å². The molecule has 0 saturated carbocycles. The van der Waals surface area contributed by atoms with Gasteiger partial charge in [-0.1, -0.05) is 6.92 Å². The second-order valence-electron chi connectivity index (χ2n) is 3.63. The summed E-state index contributed by atoms with van der Waals surface area (Å²) >= 11 is 0. The highest BCUT2D eigenvalue weighted by Crippen LogP contribution is 2.03. The number of carbonyl (C=O) groups excluding carboxylic acids is 1. The van der Waals surface area contributed by atoms with Crippen LogP contribution in [0.2, 0.25) is 0 Å². The molecule has 1 amide bonds. The summed E-state index contributed by atoms with van der Waals surface area (Å²) in [4.78, 5) is 26.2. The lowest BCUT2D eigenvalue weighted by Gasteiger charge is -2.10. The summed E-state index contributed by atoms with van der Waals surface area (Å²) in [6, 6.07) is 3.06. The Kier molecular flexibility index (Phi) is 4.45. The Balaban J connectivity index is 2.55. The molecule has 1 atom stereocenters. The maximum atomic E-state index is 11.6. The van der Waals surface area contributed by atoms with Gasteiger partial charge in [0.15, 0.2) is 0 Å². The van der Waals surface area contributed by atoms with Gasteiger partial charge in [0.2, 0.25) is 0 Å². The van der Waals surface area contributed by atoms with Gasteiger partial charge in [0.1, 0.15) is 5.69 Å². The van der Waals surface area contributed by atoms with Gasteiger partial charge in [-0.2, -0.15) is 0 Å². The number of nitrogens with two attached hydrogens (primary N) is 1. The number of anilines is 1. The summed E-state index contributed by atoms with van der Waals surface area (Å²) < 4.78 is 0. The van der Waals surface area contributed by atoms with Gasteiger partial charge in [-0.05, 0) is 18.6 Å². The van der Waals surface area contributed by atoms with Crippen molar-refractivity contribution in [3.63, 3.8) is 0 Å². The molecule has 4 N–H and O–H groups in total. The number of nitrogens with zero attached hydrogens (tertiary/aromatic N) is 1. The van der Waals surface area contributed by atoms with E-state index in [2.05, 4.69) is 10.3 Å². The predicted molar refractivity (Wildman–Crippen MR) is 62.4 cm³/mol. The molecule has 17 heavy (non-hydrogen) atoms. The zero-order chi connectivity index (χ0) is 12.8. The van der Waals surface area contributed by atoms with E-state index in [0.717, 1.165) is 0 Å². The largest absolute Gasteiger partial charge is 0.481 e. The molecule has 0 aromatic carbocycles. The Morgan fingerprint density at radius 3 is 2.71 bits per heavy atom. The topological polar surface area (TPSA) is 105 Å². The van der Waals surface area contributed by atoms with E-state index >= 15 is 0 Å². The molecule has 0 aliphatic carbocycles. The van der Waals surface area contributed by atoms with E-state index in [4.69, 9.17) is 10.8 Å². The number of nitrogens with one attached hydrogen (secondary N) is 1. The molecule has 0 saturated heterocycles. The van der Waals surface area contributed by atoms with E-state index in [0.29, 0.717) is 12.1 Å². The molecule has 6 heteroatoms. The minimum Gasteiger partial charge on any atom is -0.481 e. The highest BCUT2D eigenvalue weighted by atomic mass is 16.4. The Bertz CT molecular complexity index is 403. The summed E-state index contributed by atoms with van der Waals surface area (Å²) in [7, 11) is 0. The molecule has 92 valence electrons. The number of aromatic nitrogens is 1. The van der Waals surface area contributed by atoms with Crippen LogP contribution in [0, 0.1) is 5.92 Å². The van der Waals surface area contributed by atoms with E-state index in [1.165, 1.54) is 12.3 Å². The number of aliphatic carboxylic acids is 1. The molecule has 1 rings (SSSR count). The Morgan fingerprint density at radius 1 is 1.53 bits per heavy atom. The first kappa shape index (κ1) is 13.0. The second-order valence-corrected chi connectivity index (χ2v) is 3.63. The van der Waals surface area contributed by atoms with Crippen LogP contribution in [0.3, 0.4) is 0 Å². The van der Waals surface area contributed by atoms with Crippen LogP contribution >= 0.6 is 0 Å². The number of carboxylic acids is 1. The summed E-state index contributed by atoms with van der Waals surface area (Å²) in [5.74, 6) is -1.89. The van der Waals surface area contributed by atoms with Gasteiger partial charge in [0.05, 0.1) is 17.8 Å². The van der Waals surface area contributed by atoms with Crippen molar-refractivity contribution in [3.05, 3.63) is 24.0 Å². The lowest BCUT2D eigenvalue weighted by atomic mass is 10.1. The summed E-state index contributed by atoms with van der Waals surface area (Å²) in [5, 5.41) is 11.3. The van der Waals surface area contributed by atoms with Crippen molar-refractivity contribution in [1.82, 2.24) is 10.3 Å². The van der Waals surface area contributed by atoms with Gasteiger partial charge >= 0.3 is 5.97 Å². The van der Waals surface area contributed by atoms with E-state index < -0.39 is 17.8 Å². The van der Waals surface area contributed by atoms with Crippen molar-refractivity contribution in [3.8, 4) is 0 Å². The van der Waals surface area contributed by atoms with E-state index in [1.54, 1.807) is 13.0 Å². The summed E-state index contributed by atoms with van der Waals surface area (Å²) in [6.07, 6.45) is 1.84. The lowest BCUT2D eigenvalue weighted by molar-refractivity contribution is -0.141. The van der Waals surface area contributed by atoms with Crippen LogP contribution in [0.1, 0.15) is 23.8 Å². The first-order chi connectivity index (χ1) is 8.04. The van der Waals surface area contributed by atoms with Crippen LogP contribution < -0.4 is 11.1 Å². The fraction of sp³-hybridized carbons (Fsp3) is 0.364. The van der Waals surface area contributed by atoms with Crippen molar-refractivity contribution in [2.45, 2.75) is 13.3 Å². The zero-order valence-corrected chi connectivity index (χ0v) is 9.51. The molecule has 0 bridgehead atoms. The molecule has 6 nitrogen and oxygen atoms in total. The van der Waals surface area contributed by atoms with Gasteiger partial charge in [-0.25, -0.2) is 4.98 Å². The molecule has 0 fully saturated rings. The second kappa shape index (κ2) is 5.83. The number of carboxylic acid groups (broad SMARTS) is 1. The number of hydrogen-bond acceptors (Lipinski definition) is 4. The van der Waals surface area contributed by atoms with Crippen LogP contribution in [0.5, 0.6) is 0 Å². The Hall–Kier alpha value is -2.11. The molecule has 0 aliphatic heterocycles. The zero-order valence-electron chi connectivity index (χ0n) is 9.51. The van der Waals surface area contributed by atoms with E-state index in [-0.39, 0.29) is 12.2 Å². The van der Waals surface area contributed by atoms with Crippen molar-refractivity contribution in [2.75, 3.05) is 12.3 Å². The first-order valence-corrected chi connectivity index (χ1v) is 5.27. The van der Waals surface area contributed by atoms with Crippen molar-refractivity contribution >= 4 is 17.6 Å². The minimum atomic E-state index is -0.918. The number of pyridine rings is 1. The van der Waals surface area contributed by atoms with Gasteiger partial charge < -0.3 is 16.2 Å². The van der Waals surface area contributed by atoms with Crippen LogP contribution in [-0.2, 0) is 4.79 Å². The fourth-order valence-electron chi connectivity index (χ4n) is 1.25. The van der Waals surface area contributed by atoms with Crippen LogP contribution in [0.25, 0.3) is 0 Å². The third-order valence-electron chi connectivity index (χ3n) is 2.37. The van der Waals surface area contributed by atoms with Crippen LogP contribution in [0.15, 0.2) is 18.3 Å². The molecular weight excluding hydrogens is 222 g/mol. The quantitative estimate of drug-likeness (QED) is 0.691. The highest BCUT2D eigenvalue weighted by Gasteiger charge is 2.16. The lowest BCUT2D eigenvalue weighted by Crippen LogP contribution is -2.33. The molecule has 1 unspecified atom stereocenters.